The van der Waals surface area contributed by atoms with Crippen LogP contribution in [0.4, 0.5) is 0 Å². The SMILES string of the molecule is CC(C)(C)C1CCC(=NNC(=O)CSc2ncccn2)CC1. The second kappa shape index (κ2) is 7.72. The Labute approximate surface area is 136 Å². The van der Waals surface area contributed by atoms with Crippen LogP contribution in [-0.2, 0) is 4.79 Å². The molecule has 1 aromatic rings. The molecule has 0 spiro atoms. The van der Waals surface area contributed by atoms with Gasteiger partial charge in [0.05, 0.1) is 5.75 Å². The van der Waals surface area contributed by atoms with Crippen LogP contribution in [-0.4, -0.2) is 27.3 Å². The van der Waals surface area contributed by atoms with Gasteiger partial charge in [0.1, 0.15) is 0 Å². The summed E-state index contributed by atoms with van der Waals surface area (Å²) in [6.07, 6.45) is 7.62. The maximum Gasteiger partial charge on any atom is 0.250 e. The molecule has 1 aliphatic carbocycles. The van der Waals surface area contributed by atoms with Gasteiger partial charge < -0.3 is 0 Å². The molecule has 0 bridgehead atoms. The third-order valence-electron chi connectivity index (χ3n) is 4.00. The maximum atomic E-state index is 11.8. The lowest BCUT2D eigenvalue weighted by Gasteiger charge is -2.34. The van der Waals surface area contributed by atoms with Gasteiger partial charge in [0.15, 0.2) is 5.16 Å². The van der Waals surface area contributed by atoms with E-state index >= 15 is 0 Å². The molecule has 0 saturated heterocycles. The highest BCUT2D eigenvalue weighted by Crippen LogP contribution is 2.36. The van der Waals surface area contributed by atoms with E-state index in [1.54, 1.807) is 18.5 Å². The molecule has 2 rings (SSSR count). The van der Waals surface area contributed by atoms with Crippen LogP contribution in [0.25, 0.3) is 0 Å². The Morgan fingerprint density at radius 1 is 1.32 bits per heavy atom. The first-order valence-electron chi connectivity index (χ1n) is 7.69. The van der Waals surface area contributed by atoms with Gasteiger partial charge in [-0.1, -0.05) is 32.5 Å². The molecule has 0 unspecified atom stereocenters. The zero-order chi connectivity index (χ0) is 16.0. The lowest BCUT2D eigenvalue weighted by molar-refractivity contribution is -0.118. The van der Waals surface area contributed by atoms with E-state index < -0.39 is 0 Å². The van der Waals surface area contributed by atoms with E-state index in [4.69, 9.17) is 0 Å². The first-order valence-corrected chi connectivity index (χ1v) is 8.68. The van der Waals surface area contributed by atoms with Crippen LogP contribution in [0.3, 0.4) is 0 Å². The molecule has 0 aromatic carbocycles. The Morgan fingerprint density at radius 2 is 1.95 bits per heavy atom. The average molecular weight is 320 g/mol. The van der Waals surface area contributed by atoms with E-state index in [1.165, 1.54) is 11.8 Å². The quantitative estimate of drug-likeness (QED) is 0.525. The van der Waals surface area contributed by atoms with Gasteiger partial charge in [-0.3, -0.25) is 4.79 Å². The van der Waals surface area contributed by atoms with Crippen LogP contribution in [0.2, 0.25) is 0 Å². The van der Waals surface area contributed by atoms with Crippen molar-refractivity contribution in [1.29, 1.82) is 0 Å². The number of nitrogens with one attached hydrogen (secondary N) is 1. The Hall–Kier alpha value is -1.43. The topological polar surface area (TPSA) is 67.2 Å². The molecule has 0 atom stereocenters. The molecule has 22 heavy (non-hydrogen) atoms. The van der Waals surface area contributed by atoms with Crippen LogP contribution in [0.1, 0.15) is 46.5 Å². The van der Waals surface area contributed by atoms with Gasteiger partial charge in [-0.25, -0.2) is 15.4 Å². The number of rotatable bonds is 4. The van der Waals surface area contributed by atoms with E-state index in [0.717, 1.165) is 37.3 Å². The molecule has 1 aromatic heterocycles. The third kappa shape index (κ3) is 5.40. The summed E-state index contributed by atoms with van der Waals surface area (Å²) >= 11 is 1.32. The average Bonchev–Trinajstić information content (AvgIpc) is 2.51. The standard InChI is InChI=1S/C16H24N4OS/c1-16(2,3)12-5-7-13(8-6-12)19-20-14(21)11-22-15-17-9-4-10-18-15/h4,9-10,12H,5-8,11H2,1-3H3,(H,20,21). The molecule has 1 fully saturated rings. The van der Waals surface area contributed by atoms with Crippen molar-refractivity contribution >= 4 is 23.4 Å². The molecule has 5 nitrogen and oxygen atoms in total. The highest BCUT2D eigenvalue weighted by Gasteiger charge is 2.28. The van der Waals surface area contributed by atoms with Crippen LogP contribution in [0, 0.1) is 11.3 Å². The summed E-state index contributed by atoms with van der Waals surface area (Å²) in [6.45, 7) is 6.89. The van der Waals surface area contributed by atoms with Crippen molar-refractivity contribution in [3.05, 3.63) is 18.5 Å². The number of hydrogen-bond acceptors (Lipinski definition) is 5. The van der Waals surface area contributed by atoms with Gasteiger partial charge in [0, 0.05) is 18.1 Å². The zero-order valence-electron chi connectivity index (χ0n) is 13.5. The fraction of sp³-hybridized carbons (Fsp3) is 0.625. The number of hydrogen-bond donors (Lipinski definition) is 1. The van der Waals surface area contributed by atoms with Gasteiger partial charge in [0.25, 0.3) is 5.91 Å². The molecule has 1 amide bonds. The monoisotopic (exact) mass is 320 g/mol. The summed E-state index contributed by atoms with van der Waals surface area (Å²) in [4.78, 5) is 19.9. The van der Waals surface area contributed by atoms with E-state index in [-0.39, 0.29) is 11.7 Å². The highest BCUT2D eigenvalue weighted by atomic mass is 32.2. The summed E-state index contributed by atoms with van der Waals surface area (Å²) in [5.41, 5.74) is 4.12. The summed E-state index contributed by atoms with van der Waals surface area (Å²) < 4.78 is 0. The number of amides is 1. The largest absolute Gasteiger partial charge is 0.272 e. The second-order valence-electron chi connectivity index (χ2n) is 6.67. The normalized spacial score (nSPS) is 18.9. The molecule has 1 N–H and O–H groups in total. The molecular formula is C16H24N4OS. The Morgan fingerprint density at radius 3 is 2.55 bits per heavy atom. The van der Waals surface area contributed by atoms with Crippen molar-refractivity contribution < 1.29 is 4.79 Å². The van der Waals surface area contributed by atoms with Gasteiger partial charge in [-0.15, -0.1) is 0 Å². The highest BCUT2D eigenvalue weighted by molar-refractivity contribution is 7.99. The van der Waals surface area contributed by atoms with Crippen molar-refractivity contribution in [3.63, 3.8) is 0 Å². The predicted octanol–water partition coefficient (Wildman–Crippen LogP) is 3.28. The fourth-order valence-corrected chi connectivity index (χ4v) is 3.19. The second-order valence-corrected chi connectivity index (χ2v) is 7.62. The Bertz CT molecular complexity index is 515. The summed E-state index contributed by atoms with van der Waals surface area (Å²) in [5.74, 6) is 0.918. The van der Waals surface area contributed by atoms with Crippen molar-refractivity contribution in [3.8, 4) is 0 Å². The number of thioether (sulfide) groups is 1. The Balaban J connectivity index is 1.72. The van der Waals surface area contributed by atoms with Crippen LogP contribution >= 0.6 is 11.8 Å². The molecule has 0 radical (unpaired) electrons. The minimum Gasteiger partial charge on any atom is -0.272 e. The minimum absolute atomic E-state index is 0.108. The summed E-state index contributed by atoms with van der Waals surface area (Å²) in [5, 5.41) is 4.88. The number of carbonyl (C=O) groups is 1. The lowest BCUT2D eigenvalue weighted by atomic mass is 9.72. The fourth-order valence-electron chi connectivity index (χ4n) is 2.59. The number of nitrogens with zero attached hydrogens (tertiary/aromatic N) is 3. The van der Waals surface area contributed by atoms with Crippen molar-refractivity contribution in [2.45, 2.75) is 51.6 Å². The first kappa shape index (κ1) is 16.9. The van der Waals surface area contributed by atoms with Gasteiger partial charge in [-0.2, -0.15) is 5.10 Å². The number of aromatic nitrogens is 2. The summed E-state index contributed by atoms with van der Waals surface area (Å²) in [6, 6.07) is 1.75. The number of hydrazone groups is 1. The smallest absolute Gasteiger partial charge is 0.250 e. The van der Waals surface area contributed by atoms with Crippen LogP contribution in [0.15, 0.2) is 28.7 Å². The molecule has 6 heteroatoms. The van der Waals surface area contributed by atoms with Gasteiger partial charge in [-0.05, 0) is 43.1 Å². The maximum absolute atomic E-state index is 11.8. The molecule has 120 valence electrons. The summed E-state index contributed by atoms with van der Waals surface area (Å²) in [7, 11) is 0. The van der Waals surface area contributed by atoms with Crippen molar-refractivity contribution in [1.82, 2.24) is 15.4 Å². The third-order valence-corrected chi connectivity index (χ3v) is 4.88. The van der Waals surface area contributed by atoms with Crippen molar-refractivity contribution in [2.24, 2.45) is 16.4 Å². The molecule has 0 aliphatic heterocycles. The van der Waals surface area contributed by atoms with E-state index in [0.29, 0.717) is 10.6 Å². The van der Waals surface area contributed by atoms with Crippen LogP contribution in [0.5, 0.6) is 0 Å². The molecule has 1 heterocycles. The minimum atomic E-state index is -0.108. The lowest BCUT2D eigenvalue weighted by Crippen LogP contribution is -2.28. The Kier molecular flexibility index (Phi) is 5.94. The van der Waals surface area contributed by atoms with Crippen molar-refractivity contribution in [2.75, 3.05) is 5.75 Å². The predicted molar refractivity (Wildman–Crippen MR) is 89.7 cm³/mol. The van der Waals surface area contributed by atoms with E-state index in [2.05, 4.69) is 41.3 Å². The molecule has 1 saturated carbocycles. The first-order chi connectivity index (χ1) is 10.4. The van der Waals surface area contributed by atoms with Crippen LogP contribution < -0.4 is 5.43 Å². The van der Waals surface area contributed by atoms with E-state index in [1.807, 2.05) is 0 Å². The number of carbonyl (C=O) groups excluding carboxylic acids is 1. The van der Waals surface area contributed by atoms with E-state index in [9.17, 15) is 4.79 Å². The van der Waals surface area contributed by atoms with Gasteiger partial charge >= 0.3 is 0 Å². The zero-order valence-corrected chi connectivity index (χ0v) is 14.3. The van der Waals surface area contributed by atoms with Gasteiger partial charge in [0.2, 0.25) is 0 Å². The molecule has 1 aliphatic rings. The molecular weight excluding hydrogens is 296 g/mol.